The summed E-state index contributed by atoms with van der Waals surface area (Å²) in [7, 11) is 0. The van der Waals surface area contributed by atoms with Gasteiger partial charge >= 0.3 is 0 Å². The van der Waals surface area contributed by atoms with Crippen LogP contribution in [-0.4, -0.2) is 0 Å². The van der Waals surface area contributed by atoms with Gasteiger partial charge in [-0.25, -0.2) is 0 Å². The summed E-state index contributed by atoms with van der Waals surface area (Å²) < 4.78 is 0. The molecule has 1 heterocycles. The van der Waals surface area contributed by atoms with E-state index in [9.17, 15) is 0 Å². The maximum Gasteiger partial charge on any atom is 0.0361 e. The standard InChI is InChI=1S/C11H17NS/c1-8(12)11-7-9-5-3-2-4-6-10(9)13-11/h7-8H,2-6,12H2,1H3. The van der Waals surface area contributed by atoms with Gasteiger partial charge in [-0.15, -0.1) is 11.3 Å². The Bertz CT molecular complexity index is 265. The van der Waals surface area contributed by atoms with Gasteiger partial charge in [0, 0.05) is 15.8 Å². The minimum absolute atomic E-state index is 0.219. The van der Waals surface area contributed by atoms with Crippen molar-refractivity contribution in [3.63, 3.8) is 0 Å². The van der Waals surface area contributed by atoms with Crippen LogP contribution in [0.25, 0.3) is 0 Å². The lowest BCUT2D eigenvalue weighted by molar-refractivity contribution is 0.712. The minimum atomic E-state index is 0.219. The molecule has 1 unspecified atom stereocenters. The van der Waals surface area contributed by atoms with E-state index in [1.54, 1.807) is 10.4 Å². The van der Waals surface area contributed by atoms with Crippen LogP contribution in [0.4, 0.5) is 0 Å². The van der Waals surface area contributed by atoms with Crippen molar-refractivity contribution < 1.29 is 0 Å². The Morgan fingerprint density at radius 3 is 2.85 bits per heavy atom. The molecule has 1 aliphatic rings. The van der Waals surface area contributed by atoms with Gasteiger partial charge in [0.1, 0.15) is 0 Å². The number of fused-ring (bicyclic) bond motifs is 1. The van der Waals surface area contributed by atoms with E-state index in [0.29, 0.717) is 0 Å². The Kier molecular flexibility index (Phi) is 2.70. The van der Waals surface area contributed by atoms with Gasteiger partial charge in [0.15, 0.2) is 0 Å². The van der Waals surface area contributed by atoms with E-state index in [4.69, 9.17) is 5.73 Å². The van der Waals surface area contributed by atoms with Crippen molar-refractivity contribution in [2.24, 2.45) is 5.73 Å². The predicted molar refractivity (Wildman–Crippen MR) is 58.2 cm³/mol. The summed E-state index contributed by atoms with van der Waals surface area (Å²) in [5, 5.41) is 0. The highest BCUT2D eigenvalue weighted by atomic mass is 32.1. The molecular formula is C11H17NS. The van der Waals surface area contributed by atoms with Crippen LogP contribution in [0.5, 0.6) is 0 Å². The van der Waals surface area contributed by atoms with Gasteiger partial charge in [-0.2, -0.15) is 0 Å². The lowest BCUT2D eigenvalue weighted by Crippen LogP contribution is -2.01. The maximum absolute atomic E-state index is 5.88. The fraction of sp³-hybridized carbons (Fsp3) is 0.636. The second-order valence-electron chi connectivity index (χ2n) is 3.95. The van der Waals surface area contributed by atoms with Gasteiger partial charge < -0.3 is 5.73 Å². The molecule has 1 aromatic rings. The molecule has 13 heavy (non-hydrogen) atoms. The van der Waals surface area contributed by atoms with Crippen LogP contribution in [0.1, 0.15) is 47.5 Å². The molecule has 0 aliphatic heterocycles. The number of thiophene rings is 1. The molecule has 0 saturated heterocycles. The largest absolute Gasteiger partial charge is 0.324 e. The molecule has 2 rings (SSSR count). The molecule has 0 radical (unpaired) electrons. The van der Waals surface area contributed by atoms with Crippen LogP contribution >= 0.6 is 11.3 Å². The predicted octanol–water partition coefficient (Wildman–Crippen LogP) is 3.04. The highest BCUT2D eigenvalue weighted by molar-refractivity contribution is 7.12. The van der Waals surface area contributed by atoms with Gasteiger partial charge in [-0.1, -0.05) is 6.42 Å². The van der Waals surface area contributed by atoms with Crippen LogP contribution in [0, 0.1) is 0 Å². The molecule has 0 saturated carbocycles. The summed E-state index contributed by atoms with van der Waals surface area (Å²) >= 11 is 1.93. The van der Waals surface area contributed by atoms with E-state index >= 15 is 0 Å². The van der Waals surface area contributed by atoms with E-state index in [2.05, 4.69) is 13.0 Å². The van der Waals surface area contributed by atoms with Crippen molar-refractivity contribution in [1.29, 1.82) is 0 Å². The van der Waals surface area contributed by atoms with Crippen molar-refractivity contribution >= 4 is 11.3 Å². The van der Waals surface area contributed by atoms with Gasteiger partial charge in [0.05, 0.1) is 0 Å². The fourth-order valence-corrected chi connectivity index (χ4v) is 3.12. The number of hydrogen-bond acceptors (Lipinski definition) is 2. The summed E-state index contributed by atoms with van der Waals surface area (Å²) in [6.45, 7) is 2.07. The average Bonchev–Trinajstić information content (AvgIpc) is 2.38. The molecule has 2 N–H and O–H groups in total. The normalized spacial score (nSPS) is 19.2. The Morgan fingerprint density at radius 2 is 2.08 bits per heavy atom. The third-order valence-electron chi connectivity index (χ3n) is 2.71. The van der Waals surface area contributed by atoms with E-state index in [1.165, 1.54) is 37.0 Å². The van der Waals surface area contributed by atoms with Crippen molar-refractivity contribution in [1.82, 2.24) is 0 Å². The van der Waals surface area contributed by atoms with Crippen molar-refractivity contribution in [3.8, 4) is 0 Å². The van der Waals surface area contributed by atoms with Crippen LogP contribution < -0.4 is 5.73 Å². The molecule has 0 amide bonds. The summed E-state index contributed by atoms with van der Waals surface area (Å²) in [6.07, 6.45) is 6.69. The van der Waals surface area contributed by atoms with Crippen molar-refractivity contribution in [2.45, 2.75) is 45.1 Å². The maximum atomic E-state index is 5.88. The Balaban J connectivity index is 2.27. The van der Waals surface area contributed by atoms with E-state index in [-0.39, 0.29) is 6.04 Å². The molecule has 0 aromatic carbocycles. The quantitative estimate of drug-likeness (QED) is 0.685. The summed E-state index contributed by atoms with van der Waals surface area (Å²) in [5.74, 6) is 0. The molecule has 0 bridgehead atoms. The first kappa shape index (κ1) is 9.22. The molecule has 1 atom stereocenters. The topological polar surface area (TPSA) is 26.0 Å². The molecule has 72 valence electrons. The number of rotatable bonds is 1. The molecule has 1 aromatic heterocycles. The molecule has 0 spiro atoms. The first-order valence-corrected chi connectivity index (χ1v) is 5.96. The molecule has 0 fully saturated rings. The third kappa shape index (κ3) is 1.94. The Labute approximate surface area is 84.0 Å². The second kappa shape index (κ2) is 3.81. The summed E-state index contributed by atoms with van der Waals surface area (Å²) in [6, 6.07) is 2.55. The smallest absolute Gasteiger partial charge is 0.0361 e. The Hall–Kier alpha value is -0.340. The molecular weight excluding hydrogens is 178 g/mol. The number of nitrogens with two attached hydrogens (primary N) is 1. The van der Waals surface area contributed by atoms with Crippen LogP contribution in [0.2, 0.25) is 0 Å². The lowest BCUT2D eigenvalue weighted by atomic mass is 10.1. The minimum Gasteiger partial charge on any atom is -0.324 e. The average molecular weight is 195 g/mol. The monoisotopic (exact) mass is 195 g/mol. The highest BCUT2D eigenvalue weighted by Gasteiger charge is 2.13. The van der Waals surface area contributed by atoms with Gasteiger partial charge in [-0.05, 0) is 44.2 Å². The number of aryl methyl sites for hydroxylation is 2. The van der Waals surface area contributed by atoms with E-state index in [0.717, 1.165) is 0 Å². The van der Waals surface area contributed by atoms with Crippen molar-refractivity contribution in [2.75, 3.05) is 0 Å². The third-order valence-corrected chi connectivity index (χ3v) is 4.15. The summed E-state index contributed by atoms with van der Waals surface area (Å²) in [5.41, 5.74) is 7.45. The van der Waals surface area contributed by atoms with E-state index < -0.39 is 0 Å². The van der Waals surface area contributed by atoms with Gasteiger partial charge in [0.2, 0.25) is 0 Å². The zero-order valence-electron chi connectivity index (χ0n) is 8.18. The zero-order chi connectivity index (χ0) is 9.26. The summed E-state index contributed by atoms with van der Waals surface area (Å²) in [4.78, 5) is 2.97. The number of hydrogen-bond donors (Lipinski definition) is 1. The lowest BCUT2D eigenvalue weighted by Gasteiger charge is -1.98. The molecule has 1 aliphatic carbocycles. The zero-order valence-corrected chi connectivity index (χ0v) is 8.99. The first-order valence-electron chi connectivity index (χ1n) is 5.14. The highest BCUT2D eigenvalue weighted by Crippen LogP contribution is 2.31. The fourth-order valence-electron chi connectivity index (χ4n) is 1.91. The van der Waals surface area contributed by atoms with Gasteiger partial charge in [-0.3, -0.25) is 0 Å². The first-order chi connectivity index (χ1) is 6.27. The van der Waals surface area contributed by atoms with Crippen molar-refractivity contribution in [3.05, 3.63) is 21.4 Å². The molecule has 1 nitrogen and oxygen atoms in total. The Morgan fingerprint density at radius 1 is 1.31 bits per heavy atom. The second-order valence-corrected chi connectivity index (χ2v) is 5.11. The van der Waals surface area contributed by atoms with Crippen LogP contribution in [0.3, 0.4) is 0 Å². The van der Waals surface area contributed by atoms with Gasteiger partial charge in [0.25, 0.3) is 0 Å². The molecule has 2 heteroatoms. The SMILES string of the molecule is CC(N)c1cc2c(s1)CCCCC2. The van der Waals surface area contributed by atoms with Crippen LogP contribution in [0.15, 0.2) is 6.07 Å². The van der Waals surface area contributed by atoms with Crippen LogP contribution in [-0.2, 0) is 12.8 Å². The van der Waals surface area contributed by atoms with E-state index in [1.807, 2.05) is 11.3 Å².